The lowest BCUT2D eigenvalue weighted by Gasteiger charge is -2.38. The quantitative estimate of drug-likeness (QED) is 0.454. The maximum atomic E-state index is 13.8. The van der Waals surface area contributed by atoms with Gasteiger partial charge in [-0.3, -0.25) is 0 Å². The predicted octanol–water partition coefficient (Wildman–Crippen LogP) is 5.12. The van der Waals surface area contributed by atoms with E-state index in [0.29, 0.717) is 35.5 Å². The summed E-state index contributed by atoms with van der Waals surface area (Å²) in [6, 6.07) is 13.7. The van der Waals surface area contributed by atoms with Crippen molar-refractivity contribution in [3.8, 4) is 17.1 Å². The Bertz CT molecular complexity index is 1240. The highest BCUT2D eigenvalue weighted by molar-refractivity contribution is 7.80. The summed E-state index contributed by atoms with van der Waals surface area (Å²) in [7, 11) is 0. The zero-order valence-electron chi connectivity index (χ0n) is 19.7. The van der Waals surface area contributed by atoms with Crippen molar-refractivity contribution < 1.29 is 18.4 Å². The summed E-state index contributed by atoms with van der Waals surface area (Å²) in [6.45, 7) is 5.96. The molecule has 2 aliphatic heterocycles. The number of ether oxygens (including phenoxy) is 2. The van der Waals surface area contributed by atoms with E-state index >= 15 is 0 Å². The standard InChI is InChI=1S/C26H27FN4O3S/c1-3-32-20-11-9-17(10-12-20)23-22(16(2)31(26(35)28-23)15-21-8-5-13-33-21)25-29-24(30-34-25)18-6-4-7-19(27)14-18/h4,6-7,9-12,14,21,23H,3,5,8,13,15H2,1-2H3,(H,28,35). The number of hydrogen-bond acceptors (Lipinski definition) is 6. The first-order valence-electron chi connectivity index (χ1n) is 11.8. The molecule has 0 radical (unpaired) electrons. The van der Waals surface area contributed by atoms with E-state index in [4.69, 9.17) is 26.2 Å². The number of halogens is 1. The van der Waals surface area contributed by atoms with E-state index in [9.17, 15) is 4.39 Å². The summed E-state index contributed by atoms with van der Waals surface area (Å²) < 4.78 is 31.0. The van der Waals surface area contributed by atoms with Gasteiger partial charge in [0.05, 0.1) is 30.9 Å². The molecule has 5 rings (SSSR count). The third kappa shape index (κ3) is 4.92. The van der Waals surface area contributed by atoms with Crippen LogP contribution in [0.15, 0.2) is 58.8 Å². The van der Waals surface area contributed by atoms with Gasteiger partial charge in [0, 0.05) is 17.9 Å². The summed E-state index contributed by atoms with van der Waals surface area (Å²) >= 11 is 5.77. The fourth-order valence-corrected chi connectivity index (χ4v) is 4.85. The van der Waals surface area contributed by atoms with Crippen molar-refractivity contribution in [2.24, 2.45) is 0 Å². The van der Waals surface area contributed by atoms with Crippen LogP contribution in [0.3, 0.4) is 0 Å². The average molecular weight is 495 g/mol. The van der Waals surface area contributed by atoms with Gasteiger partial charge >= 0.3 is 0 Å². The highest BCUT2D eigenvalue weighted by Gasteiger charge is 2.35. The molecule has 0 aliphatic carbocycles. The molecule has 3 aromatic rings. The van der Waals surface area contributed by atoms with Crippen molar-refractivity contribution in [1.29, 1.82) is 0 Å². The summed E-state index contributed by atoms with van der Waals surface area (Å²) in [5, 5.41) is 8.22. The summed E-state index contributed by atoms with van der Waals surface area (Å²) in [5.41, 5.74) is 3.26. The minimum atomic E-state index is -0.357. The van der Waals surface area contributed by atoms with Crippen molar-refractivity contribution in [2.75, 3.05) is 19.8 Å². The molecule has 182 valence electrons. The lowest BCUT2D eigenvalue weighted by Crippen LogP contribution is -2.48. The van der Waals surface area contributed by atoms with Crippen LogP contribution in [-0.2, 0) is 4.74 Å². The second kappa shape index (κ2) is 10.1. The molecule has 9 heteroatoms. The second-order valence-electron chi connectivity index (χ2n) is 8.56. The van der Waals surface area contributed by atoms with Crippen molar-refractivity contribution in [1.82, 2.24) is 20.4 Å². The van der Waals surface area contributed by atoms with Crippen LogP contribution in [-0.4, -0.2) is 46.0 Å². The molecule has 1 aromatic heterocycles. The topological polar surface area (TPSA) is 72.7 Å². The number of benzene rings is 2. The first kappa shape index (κ1) is 23.4. The molecule has 2 unspecified atom stereocenters. The van der Waals surface area contributed by atoms with Crippen molar-refractivity contribution >= 4 is 22.9 Å². The number of thiocarbonyl (C=S) groups is 1. The molecular formula is C26H27FN4O3S. The number of nitrogens with zero attached hydrogens (tertiary/aromatic N) is 3. The molecule has 1 N–H and O–H groups in total. The van der Waals surface area contributed by atoms with Gasteiger partial charge in [-0.25, -0.2) is 4.39 Å². The fourth-order valence-electron chi connectivity index (χ4n) is 4.52. The largest absolute Gasteiger partial charge is 0.494 e. The number of hydrogen-bond donors (Lipinski definition) is 1. The van der Waals surface area contributed by atoms with Gasteiger partial charge in [0.1, 0.15) is 11.6 Å². The van der Waals surface area contributed by atoms with Crippen molar-refractivity contribution in [2.45, 2.75) is 38.8 Å². The highest BCUT2D eigenvalue weighted by Crippen LogP contribution is 2.38. The summed E-state index contributed by atoms with van der Waals surface area (Å²) in [6.07, 6.45) is 2.15. The Kier molecular flexibility index (Phi) is 6.79. The third-order valence-electron chi connectivity index (χ3n) is 6.27. The maximum Gasteiger partial charge on any atom is 0.258 e. The van der Waals surface area contributed by atoms with E-state index in [1.54, 1.807) is 12.1 Å². The van der Waals surface area contributed by atoms with Gasteiger partial charge in [-0.1, -0.05) is 29.4 Å². The summed E-state index contributed by atoms with van der Waals surface area (Å²) in [5.74, 6) is 1.11. The maximum absolute atomic E-state index is 13.8. The van der Waals surface area contributed by atoms with E-state index in [-0.39, 0.29) is 18.0 Å². The Labute approximate surface area is 208 Å². The molecule has 2 atom stereocenters. The monoisotopic (exact) mass is 494 g/mol. The first-order valence-corrected chi connectivity index (χ1v) is 12.2. The van der Waals surface area contributed by atoms with Crippen LogP contribution < -0.4 is 10.1 Å². The molecule has 35 heavy (non-hydrogen) atoms. The van der Waals surface area contributed by atoms with Gasteiger partial charge in [-0.15, -0.1) is 0 Å². The van der Waals surface area contributed by atoms with E-state index in [0.717, 1.165) is 42.0 Å². The highest BCUT2D eigenvalue weighted by atomic mass is 32.1. The third-order valence-corrected chi connectivity index (χ3v) is 6.61. The fraction of sp³-hybridized carbons (Fsp3) is 0.346. The van der Waals surface area contributed by atoms with Gasteiger partial charge in [-0.05, 0) is 68.7 Å². The van der Waals surface area contributed by atoms with E-state index in [1.807, 2.05) is 43.0 Å². The van der Waals surface area contributed by atoms with Crippen molar-refractivity contribution in [3.05, 3.63) is 71.5 Å². The van der Waals surface area contributed by atoms with Gasteiger partial charge in [0.2, 0.25) is 5.82 Å². The van der Waals surface area contributed by atoms with Crippen LogP contribution in [0.25, 0.3) is 17.0 Å². The first-order chi connectivity index (χ1) is 17.0. The Morgan fingerprint density at radius 2 is 2.06 bits per heavy atom. The molecular weight excluding hydrogens is 467 g/mol. The normalized spacial score (nSPS) is 20.3. The molecule has 1 fully saturated rings. The molecule has 2 aromatic carbocycles. The van der Waals surface area contributed by atoms with Crippen LogP contribution >= 0.6 is 12.2 Å². The van der Waals surface area contributed by atoms with Gasteiger partial charge < -0.3 is 24.2 Å². The number of nitrogens with one attached hydrogen (secondary N) is 1. The Hall–Kier alpha value is -3.30. The Balaban J connectivity index is 1.55. The molecule has 0 bridgehead atoms. The zero-order valence-corrected chi connectivity index (χ0v) is 20.5. The average Bonchev–Trinajstić information content (AvgIpc) is 3.55. The molecule has 2 aliphatic rings. The summed E-state index contributed by atoms with van der Waals surface area (Å²) in [4.78, 5) is 6.68. The smallest absolute Gasteiger partial charge is 0.258 e. The van der Waals surface area contributed by atoms with Crippen LogP contribution in [0, 0.1) is 5.82 Å². The molecule has 0 spiro atoms. The number of aromatic nitrogens is 2. The van der Waals surface area contributed by atoms with Crippen LogP contribution in [0.5, 0.6) is 5.75 Å². The molecule has 0 saturated carbocycles. The van der Waals surface area contributed by atoms with Crippen LogP contribution in [0.1, 0.15) is 44.2 Å². The molecule has 3 heterocycles. The van der Waals surface area contributed by atoms with E-state index in [2.05, 4.69) is 15.5 Å². The van der Waals surface area contributed by atoms with Gasteiger partial charge in [0.15, 0.2) is 5.11 Å². The Morgan fingerprint density at radius 3 is 2.77 bits per heavy atom. The molecule has 7 nitrogen and oxygen atoms in total. The van der Waals surface area contributed by atoms with Gasteiger partial charge in [0.25, 0.3) is 5.89 Å². The number of rotatable bonds is 7. The predicted molar refractivity (Wildman–Crippen MR) is 134 cm³/mol. The number of allylic oxidation sites excluding steroid dienone is 1. The second-order valence-corrected chi connectivity index (χ2v) is 8.95. The van der Waals surface area contributed by atoms with Crippen molar-refractivity contribution in [3.63, 3.8) is 0 Å². The minimum absolute atomic E-state index is 0.110. The van der Waals surface area contributed by atoms with E-state index < -0.39 is 0 Å². The molecule has 1 saturated heterocycles. The lowest BCUT2D eigenvalue weighted by molar-refractivity contribution is 0.0962. The molecule has 0 amide bonds. The zero-order chi connectivity index (χ0) is 24.4. The van der Waals surface area contributed by atoms with Crippen LogP contribution in [0.2, 0.25) is 0 Å². The van der Waals surface area contributed by atoms with Gasteiger partial charge in [-0.2, -0.15) is 4.98 Å². The SMILES string of the molecule is CCOc1ccc(C2NC(=S)N(CC3CCCO3)C(C)=C2c2nc(-c3cccc(F)c3)no2)cc1. The van der Waals surface area contributed by atoms with E-state index in [1.165, 1.54) is 12.1 Å². The lowest BCUT2D eigenvalue weighted by atomic mass is 9.94. The van der Waals surface area contributed by atoms with Crippen LogP contribution in [0.4, 0.5) is 4.39 Å². The Morgan fingerprint density at radius 1 is 1.23 bits per heavy atom. The minimum Gasteiger partial charge on any atom is -0.494 e.